The van der Waals surface area contributed by atoms with E-state index in [0.717, 1.165) is 23.0 Å². The minimum atomic E-state index is -0.604. The van der Waals surface area contributed by atoms with Crippen LogP contribution in [0.3, 0.4) is 0 Å². The summed E-state index contributed by atoms with van der Waals surface area (Å²) in [4.78, 5) is 38.4. The van der Waals surface area contributed by atoms with E-state index in [4.69, 9.17) is 46.1 Å². The summed E-state index contributed by atoms with van der Waals surface area (Å²) in [5.74, 6) is 4.24. The second-order valence-corrected chi connectivity index (χ2v) is 13.7. The summed E-state index contributed by atoms with van der Waals surface area (Å²) in [6, 6.07) is 9.32. The van der Waals surface area contributed by atoms with Crippen molar-refractivity contribution < 1.29 is 23.7 Å². The van der Waals surface area contributed by atoms with Gasteiger partial charge in [-0.2, -0.15) is 15.0 Å². The van der Waals surface area contributed by atoms with Crippen LogP contribution in [-0.2, 0) is 30.2 Å². The minimum Gasteiger partial charge on any atom is -0.378 e. The Kier molecular flexibility index (Phi) is 14.6. The van der Waals surface area contributed by atoms with Crippen LogP contribution in [0.1, 0.15) is 43.7 Å². The Balaban J connectivity index is 1.10. The molecule has 3 aromatic heterocycles. The van der Waals surface area contributed by atoms with Crippen LogP contribution in [0.25, 0.3) is 10.9 Å². The monoisotopic (exact) mass is 758 g/mol. The number of H-pyrrole nitrogens is 1. The van der Waals surface area contributed by atoms with E-state index in [1.807, 2.05) is 29.3 Å². The summed E-state index contributed by atoms with van der Waals surface area (Å²) in [6.45, 7) is 11.9. The average molecular weight is 759 g/mol. The maximum absolute atomic E-state index is 14.4. The van der Waals surface area contributed by atoms with Crippen molar-refractivity contribution in [2.24, 2.45) is 11.7 Å². The molecule has 296 valence electrons. The Bertz CT molecular complexity index is 1800. The number of ether oxygens (including phenoxy) is 4. The molecule has 0 radical (unpaired) electrons. The molecule has 5 heterocycles. The molecule has 4 aromatic rings. The molecular formula is C38H54N12O5. The van der Waals surface area contributed by atoms with E-state index in [-0.39, 0.29) is 24.5 Å². The fourth-order valence-electron chi connectivity index (χ4n) is 6.51. The van der Waals surface area contributed by atoms with Gasteiger partial charge < -0.3 is 49.7 Å². The lowest BCUT2D eigenvalue weighted by Crippen LogP contribution is -2.51. The SMILES string of the molecule is C#CCOCCOCCOCCNc1nc(N2CCOCC2)nc(N2CCN(C(=O)[C@@H](Cc3cc4ccccc4[nH]3)n3cc([C@@H](N)C(C)CC)nn3)CC2)n1. The van der Waals surface area contributed by atoms with Crippen molar-refractivity contribution in [3.63, 3.8) is 0 Å². The highest BCUT2D eigenvalue weighted by Gasteiger charge is 2.32. The first-order chi connectivity index (χ1) is 26.9. The number of benzene rings is 1. The Morgan fingerprint density at radius 2 is 1.67 bits per heavy atom. The summed E-state index contributed by atoms with van der Waals surface area (Å²) in [5.41, 5.74) is 9.18. The minimum absolute atomic E-state index is 0.0264. The molecule has 0 spiro atoms. The van der Waals surface area contributed by atoms with Gasteiger partial charge in [-0.05, 0) is 23.4 Å². The number of fused-ring (bicyclic) bond motifs is 1. The van der Waals surface area contributed by atoms with E-state index in [2.05, 4.69) is 62.3 Å². The standard InChI is InChI=1S/C38H54N12O5/c1-4-17-52-21-23-55-24-22-53-18-10-40-36-42-37(44-38(43-36)49-15-19-54-20-16-49)48-13-11-47(12-14-48)35(51)33(26-30-25-29-8-6-7-9-31(29)41-30)50-27-32(45-46-50)34(39)28(3)5-2/h1,6-9,25,27-28,33-34,41H,5,10-24,26,39H2,2-3H3,(H,40,42,43,44)/t28?,33-,34+/m1/s1. The summed E-state index contributed by atoms with van der Waals surface area (Å²) in [6.07, 6.45) is 8.36. The van der Waals surface area contributed by atoms with Gasteiger partial charge in [0.1, 0.15) is 12.6 Å². The molecule has 2 fully saturated rings. The van der Waals surface area contributed by atoms with Gasteiger partial charge in [-0.3, -0.25) is 4.79 Å². The zero-order valence-corrected chi connectivity index (χ0v) is 31.9. The first-order valence-electron chi connectivity index (χ1n) is 19.2. The third-order valence-electron chi connectivity index (χ3n) is 9.97. The molecule has 55 heavy (non-hydrogen) atoms. The van der Waals surface area contributed by atoms with Crippen LogP contribution < -0.4 is 20.9 Å². The Morgan fingerprint density at radius 3 is 2.38 bits per heavy atom. The molecule has 0 aliphatic carbocycles. The first kappa shape index (κ1) is 39.8. The maximum atomic E-state index is 14.4. The van der Waals surface area contributed by atoms with Gasteiger partial charge in [-0.15, -0.1) is 11.5 Å². The molecule has 6 rings (SSSR count). The van der Waals surface area contributed by atoms with Crippen molar-refractivity contribution in [1.29, 1.82) is 0 Å². The van der Waals surface area contributed by atoms with Crippen LogP contribution in [0.2, 0.25) is 0 Å². The molecule has 2 aliphatic heterocycles. The van der Waals surface area contributed by atoms with Crippen LogP contribution in [0.15, 0.2) is 36.5 Å². The topological polar surface area (TPSA) is 187 Å². The number of hydrogen-bond acceptors (Lipinski definition) is 14. The lowest BCUT2D eigenvalue weighted by atomic mass is 9.98. The van der Waals surface area contributed by atoms with Crippen molar-refractivity contribution in [3.05, 3.63) is 47.9 Å². The second kappa shape index (κ2) is 20.2. The molecule has 2 saturated heterocycles. The van der Waals surface area contributed by atoms with Crippen molar-refractivity contribution in [2.75, 3.05) is 114 Å². The van der Waals surface area contributed by atoms with Gasteiger partial charge in [0.2, 0.25) is 23.8 Å². The number of morpholine rings is 1. The largest absolute Gasteiger partial charge is 0.378 e. The molecule has 0 bridgehead atoms. The average Bonchev–Trinajstić information content (AvgIpc) is 3.89. The molecule has 1 aromatic carbocycles. The number of nitrogens with two attached hydrogens (primary N) is 1. The number of nitrogens with one attached hydrogen (secondary N) is 2. The van der Waals surface area contributed by atoms with Gasteiger partial charge >= 0.3 is 0 Å². The van der Waals surface area contributed by atoms with Gasteiger partial charge in [0, 0.05) is 63.4 Å². The highest BCUT2D eigenvalue weighted by atomic mass is 16.5. The molecule has 4 N–H and O–H groups in total. The number of carbonyl (C=O) groups excluding carboxylic acids is 1. The fraction of sp³-hybridized carbons (Fsp3) is 0.579. The van der Waals surface area contributed by atoms with Crippen LogP contribution in [-0.4, -0.2) is 144 Å². The quantitative estimate of drug-likeness (QED) is 0.0878. The number of amides is 1. The van der Waals surface area contributed by atoms with E-state index in [1.54, 1.807) is 4.68 Å². The molecule has 0 saturated carbocycles. The number of hydrogen-bond donors (Lipinski definition) is 3. The van der Waals surface area contributed by atoms with E-state index in [0.29, 0.717) is 122 Å². The van der Waals surface area contributed by atoms with E-state index in [1.165, 1.54) is 0 Å². The third kappa shape index (κ3) is 10.9. The molecule has 2 aliphatic rings. The van der Waals surface area contributed by atoms with Gasteiger partial charge in [-0.1, -0.05) is 49.6 Å². The zero-order chi connectivity index (χ0) is 38.4. The van der Waals surface area contributed by atoms with Crippen molar-refractivity contribution in [1.82, 2.24) is 39.8 Å². The van der Waals surface area contributed by atoms with Gasteiger partial charge in [0.05, 0.1) is 64.2 Å². The number of aromatic amines is 1. The lowest BCUT2D eigenvalue weighted by Gasteiger charge is -2.36. The van der Waals surface area contributed by atoms with Crippen molar-refractivity contribution >= 4 is 34.7 Å². The zero-order valence-electron chi connectivity index (χ0n) is 31.9. The predicted octanol–water partition coefficient (Wildman–Crippen LogP) is 2.05. The number of aromatic nitrogens is 7. The number of carbonyl (C=O) groups is 1. The molecule has 1 unspecified atom stereocenters. The highest BCUT2D eigenvalue weighted by molar-refractivity contribution is 5.83. The highest BCUT2D eigenvalue weighted by Crippen LogP contribution is 2.26. The summed E-state index contributed by atoms with van der Waals surface area (Å²) in [5, 5.41) is 13.3. The number of anilines is 3. The molecule has 1 amide bonds. The van der Waals surface area contributed by atoms with Crippen molar-refractivity contribution in [2.45, 2.75) is 38.8 Å². The summed E-state index contributed by atoms with van der Waals surface area (Å²) < 4.78 is 23.7. The number of terminal acetylenes is 1. The Labute approximate surface area is 322 Å². The lowest BCUT2D eigenvalue weighted by molar-refractivity contribution is -0.135. The number of para-hydroxylation sites is 1. The fourth-order valence-corrected chi connectivity index (χ4v) is 6.51. The Hall–Kier alpha value is -4.86. The third-order valence-corrected chi connectivity index (χ3v) is 9.97. The van der Waals surface area contributed by atoms with Crippen LogP contribution in [0, 0.1) is 18.3 Å². The molecule has 3 atom stereocenters. The van der Waals surface area contributed by atoms with Gasteiger partial charge in [0.15, 0.2) is 0 Å². The van der Waals surface area contributed by atoms with Crippen LogP contribution in [0.5, 0.6) is 0 Å². The first-order valence-corrected chi connectivity index (χ1v) is 19.2. The van der Waals surface area contributed by atoms with Crippen LogP contribution in [0.4, 0.5) is 17.8 Å². The van der Waals surface area contributed by atoms with Crippen molar-refractivity contribution in [3.8, 4) is 12.3 Å². The van der Waals surface area contributed by atoms with E-state index >= 15 is 0 Å². The van der Waals surface area contributed by atoms with E-state index in [9.17, 15) is 4.79 Å². The number of piperazine rings is 1. The summed E-state index contributed by atoms with van der Waals surface area (Å²) >= 11 is 0. The molecule has 17 heteroatoms. The normalized spacial score (nSPS) is 16.6. The molecular weight excluding hydrogens is 704 g/mol. The molecule has 17 nitrogen and oxygen atoms in total. The second-order valence-electron chi connectivity index (χ2n) is 13.7. The smallest absolute Gasteiger partial charge is 0.248 e. The van der Waals surface area contributed by atoms with Crippen LogP contribution >= 0.6 is 0 Å². The summed E-state index contributed by atoms with van der Waals surface area (Å²) in [7, 11) is 0. The van der Waals surface area contributed by atoms with E-state index < -0.39 is 6.04 Å². The Morgan fingerprint density at radius 1 is 0.982 bits per heavy atom. The van der Waals surface area contributed by atoms with Gasteiger partial charge in [-0.25, -0.2) is 4.68 Å². The van der Waals surface area contributed by atoms with Gasteiger partial charge in [0.25, 0.3) is 0 Å². The predicted molar refractivity (Wildman–Crippen MR) is 209 cm³/mol. The maximum Gasteiger partial charge on any atom is 0.248 e. The number of rotatable bonds is 20. The number of nitrogens with zero attached hydrogens (tertiary/aromatic N) is 9.